The minimum Gasteiger partial charge on any atom is -0.395 e. The number of nitrogens with zero attached hydrogens (tertiary/aromatic N) is 1. The number of anilines is 1. The fourth-order valence-electron chi connectivity index (χ4n) is 1.36. The largest absolute Gasteiger partial charge is 0.395 e. The van der Waals surface area contributed by atoms with Crippen LogP contribution in [0.1, 0.15) is 6.42 Å². The van der Waals surface area contributed by atoms with Gasteiger partial charge in [0.25, 0.3) is 0 Å². The van der Waals surface area contributed by atoms with Gasteiger partial charge in [0, 0.05) is 29.7 Å². The lowest BCUT2D eigenvalue weighted by atomic mass is 10.3. The predicted octanol–water partition coefficient (Wildman–Crippen LogP) is 1.70. The summed E-state index contributed by atoms with van der Waals surface area (Å²) in [7, 11) is 1.88. The molecular formula is C12H17BrN2O2. The monoisotopic (exact) mass is 300 g/mol. The first-order valence-corrected chi connectivity index (χ1v) is 6.26. The number of carbonyl (C=O) groups excluding carboxylic acids is 1. The lowest BCUT2D eigenvalue weighted by Crippen LogP contribution is -2.26. The Morgan fingerprint density at radius 1 is 1.47 bits per heavy atom. The number of benzene rings is 1. The van der Waals surface area contributed by atoms with Crippen LogP contribution in [-0.4, -0.2) is 42.7 Å². The highest BCUT2D eigenvalue weighted by Crippen LogP contribution is 2.15. The Balaban J connectivity index is 2.34. The molecule has 0 spiro atoms. The summed E-state index contributed by atoms with van der Waals surface area (Å²) < 4.78 is 0.938. The zero-order valence-corrected chi connectivity index (χ0v) is 11.4. The van der Waals surface area contributed by atoms with Crippen molar-refractivity contribution in [1.29, 1.82) is 0 Å². The molecule has 1 amide bonds. The number of aliphatic hydroxyl groups is 1. The summed E-state index contributed by atoms with van der Waals surface area (Å²) in [4.78, 5) is 13.5. The van der Waals surface area contributed by atoms with Gasteiger partial charge in [0.05, 0.1) is 6.61 Å². The number of carbonyl (C=O) groups is 1. The van der Waals surface area contributed by atoms with E-state index < -0.39 is 0 Å². The zero-order valence-electron chi connectivity index (χ0n) is 9.82. The van der Waals surface area contributed by atoms with Crippen molar-refractivity contribution < 1.29 is 9.90 Å². The number of halogens is 1. The van der Waals surface area contributed by atoms with Crippen LogP contribution in [0.15, 0.2) is 28.7 Å². The Labute approximate surface area is 110 Å². The predicted molar refractivity (Wildman–Crippen MR) is 72.0 cm³/mol. The van der Waals surface area contributed by atoms with Gasteiger partial charge in [0.15, 0.2) is 0 Å². The van der Waals surface area contributed by atoms with Crippen molar-refractivity contribution in [2.24, 2.45) is 0 Å². The van der Waals surface area contributed by atoms with E-state index in [1.807, 2.05) is 36.2 Å². The molecule has 0 aliphatic heterocycles. The molecule has 1 aromatic rings. The van der Waals surface area contributed by atoms with Crippen molar-refractivity contribution in [3.05, 3.63) is 28.7 Å². The van der Waals surface area contributed by atoms with Gasteiger partial charge >= 0.3 is 0 Å². The van der Waals surface area contributed by atoms with Gasteiger partial charge < -0.3 is 15.3 Å². The minimum atomic E-state index is -0.0205. The quantitative estimate of drug-likeness (QED) is 0.841. The maximum atomic E-state index is 11.6. The van der Waals surface area contributed by atoms with E-state index >= 15 is 0 Å². The molecule has 0 saturated carbocycles. The standard InChI is InChI=1S/C12H17BrN2O2/c1-15(7-8-16)6-5-12(17)14-11-4-2-3-10(13)9-11/h2-4,9,16H,5-8H2,1H3,(H,14,17). The Morgan fingerprint density at radius 3 is 2.88 bits per heavy atom. The molecule has 1 aromatic carbocycles. The minimum absolute atomic E-state index is 0.0205. The zero-order chi connectivity index (χ0) is 12.7. The van der Waals surface area contributed by atoms with Crippen LogP contribution in [0.4, 0.5) is 5.69 Å². The van der Waals surface area contributed by atoms with Gasteiger partial charge in [0.2, 0.25) is 5.91 Å². The average Bonchev–Trinajstić information content (AvgIpc) is 2.27. The number of nitrogens with one attached hydrogen (secondary N) is 1. The molecule has 94 valence electrons. The van der Waals surface area contributed by atoms with Crippen molar-refractivity contribution in [1.82, 2.24) is 4.90 Å². The summed E-state index contributed by atoms with van der Waals surface area (Å²) in [5.74, 6) is -0.0205. The van der Waals surface area contributed by atoms with Gasteiger partial charge in [-0.25, -0.2) is 0 Å². The number of rotatable bonds is 6. The fourth-order valence-corrected chi connectivity index (χ4v) is 1.76. The number of amides is 1. The molecule has 0 fully saturated rings. The van der Waals surface area contributed by atoms with Crippen LogP contribution >= 0.6 is 15.9 Å². The van der Waals surface area contributed by atoms with E-state index in [4.69, 9.17) is 5.11 Å². The molecule has 2 N–H and O–H groups in total. The van der Waals surface area contributed by atoms with Crippen LogP contribution in [0.25, 0.3) is 0 Å². The molecule has 0 aliphatic rings. The molecule has 4 nitrogen and oxygen atoms in total. The maximum absolute atomic E-state index is 11.6. The second-order valence-electron chi connectivity index (χ2n) is 3.84. The summed E-state index contributed by atoms with van der Waals surface area (Å²) in [6.07, 6.45) is 0.420. The van der Waals surface area contributed by atoms with Crippen LogP contribution in [0, 0.1) is 0 Å². The highest BCUT2D eigenvalue weighted by molar-refractivity contribution is 9.10. The molecule has 0 heterocycles. The Kier molecular flexibility index (Phi) is 6.18. The number of aliphatic hydroxyl groups excluding tert-OH is 1. The van der Waals surface area contributed by atoms with Crippen molar-refractivity contribution in [2.45, 2.75) is 6.42 Å². The third kappa shape index (κ3) is 5.81. The van der Waals surface area contributed by atoms with Crippen LogP contribution < -0.4 is 5.32 Å². The summed E-state index contributed by atoms with van der Waals surface area (Å²) in [6.45, 7) is 1.34. The SMILES string of the molecule is CN(CCO)CCC(=O)Nc1cccc(Br)c1. The summed E-state index contributed by atoms with van der Waals surface area (Å²) in [5.41, 5.74) is 0.786. The number of hydrogen-bond acceptors (Lipinski definition) is 3. The molecule has 0 radical (unpaired) electrons. The van der Waals surface area contributed by atoms with Gasteiger partial charge in [-0.2, -0.15) is 0 Å². The van der Waals surface area contributed by atoms with Gasteiger partial charge in [-0.1, -0.05) is 22.0 Å². The van der Waals surface area contributed by atoms with E-state index in [9.17, 15) is 4.79 Å². The summed E-state index contributed by atoms with van der Waals surface area (Å²) in [6, 6.07) is 7.48. The number of likely N-dealkylation sites (N-methyl/N-ethyl adjacent to an activating group) is 1. The molecule has 0 bridgehead atoms. The third-order valence-corrected chi connectivity index (χ3v) is 2.80. The van der Waals surface area contributed by atoms with E-state index in [1.165, 1.54) is 0 Å². The van der Waals surface area contributed by atoms with E-state index in [0.29, 0.717) is 19.5 Å². The van der Waals surface area contributed by atoms with Crippen LogP contribution in [-0.2, 0) is 4.79 Å². The molecule has 17 heavy (non-hydrogen) atoms. The maximum Gasteiger partial charge on any atom is 0.225 e. The summed E-state index contributed by atoms with van der Waals surface area (Å²) in [5, 5.41) is 11.5. The van der Waals surface area contributed by atoms with E-state index in [-0.39, 0.29) is 12.5 Å². The Hall–Kier alpha value is -0.910. The van der Waals surface area contributed by atoms with Gasteiger partial charge in [0.1, 0.15) is 0 Å². The lowest BCUT2D eigenvalue weighted by molar-refractivity contribution is -0.116. The smallest absolute Gasteiger partial charge is 0.225 e. The van der Waals surface area contributed by atoms with Gasteiger partial charge in [-0.05, 0) is 25.2 Å². The average molecular weight is 301 g/mol. The van der Waals surface area contributed by atoms with E-state index in [2.05, 4.69) is 21.2 Å². The summed E-state index contributed by atoms with van der Waals surface area (Å²) >= 11 is 3.35. The molecule has 0 atom stereocenters. The first kappa shape index (κ1) is 14.2. The molecule has 0 saturated heterocycles. The van der Waals surface area contributed by atoms with Crippen molar-refractivity contribution in [3.63, 3.8) is 0 Å². The normalized spacial score (nSPS) is 10.6. The van der Waals surface area contributed by atoms with Crippen LogP contribution in [0.5, 0.6) is 0 Å². The lowest BCUT2D eigenvalue weighted by Gasteiger charge is -2.14. The van der Waals surface area contributed by atoms with Gasteiger partial charge in [-0.3, -0.25) is 4.79 Å². The van der Waals surface area contributed by atoms with Crippen molar-refractivity contribution >= 4 is 27.5 Å². The Morgan fingerprint density at radius 2 is 2.24 bits per heavy atom. The third-order valence-electron chi connectivity index (χ3n) is 2.31. The van der Waals surface area contributed by atoms with Gasteiger partial charge in [-0.15, -0.1) is 0 Å². The molecular weight excluding hydrogens is 284 g/mol. The highest BCUT2D eigenvalue weighted by atomic mass is 79.9. The van der Waals surface area contributed by atoms with E-state index in [1.54, 1.807) is 0 Å². The first-order valence-electron chi connectivity index (χ1n) is 5.46. The Bertz CT molecular complexity index is 371. The van der Waals surface area contributed by atoms with E-state index in [0.717, 1.165) is 10.2 Å². The van der Waals surface area contributed by atoms with Crippen molar-refractivity contribution in [2.75, 3.05) is 32.1 Å². The molecule has 0 aliphatic carbocycles. The molecule has 0 aromatic heterocycles. The van der Waals surface area contributed by atoms with Crippen LogP contribution in [0.3, 0.4) is 0 Å². The first-order chi connectivity index (χ1) is 8.11. The second-order valence-corrected chi connectivity index (χ2v) is 4.75. The topological polar surface area (TPSA) is 52.6 Å². The van der Waals surface area contributed by atoms with Crippen LogP contribution in [0.2, 0.25) is 0 Å². The molecule has 5 heteroatoms. The fraction of sp³-hybridized carbons (Fsp3) is 0.417. The second kappa shape index (κ2) is 7.42. The van der Waals surface area contributed by atoms with Crippen molar-refractivity contribution in [3.8, 4) is 0 Å². The number of hydrogen-bond donors (Lipinski definition) is 2. The molecule has 1 rings (SSSR count). The highest BCUT2D eigenvalue weighted by Gasteiger charge is 2.04. The molecule has 0 unspecified atom stereocenters.